The molecule has 0 aliphatic carbocycles. The minimum absolute atomic E-state index is 0.741. The van der Waals surface area contributed by atoms with E-state index >= 15 is 0 Å². The predicted octanol–water partition coefficient (Wildman–Crippen LogP) is 2.34. The van der Waals surface area contributed by atoms with Crippen molar-refractivity contribution in [2.45, 2.75) is 0 Å². The molecule has 0 atom stereocenters. The van der Waals surface area contributed by atoms with Crippen LogP contribution in [0.3, 0.4) is 0 Å². The summed E-state index contributed by atoms with van der Waals surface area (Å²) >= 11 is 0. The van der Waals surface area contributed by atoms with Gasteiger partial charge in [-0.2, -0.15) is 0 Å². The molecule has 0 saturated carbocycles. The highest BCUT2D eigenvalue weighted by atomic mass is 28.3. The Morgan fingerprint density at radius 2 is 0.909 bits per heavy atom. The van der Waals surface area contributed by atoms with Gasteiger partial charge in [0.2, 0.25) is 0 Å². The van der Waals surface area contributed by atoms with Gasteiger partial charge in [-0.15, -0.1) is 0 Å². The molecule has 22 heavy (non-hydrogen) atoms. The van der Waals surface area contributed by atoms with Crippen LogP contribution in [0.4, 0.5) is 0 Å². The van der Waals surface area contributed by atoms with E-state index < -0.39 is 8.07 Å². The number of benzene rings is 3. The maximum Gasteiger partial charge on any atom is 0.175 e. The summed E-state index contributed by atoms with van der Waals surface area (Å²) in [5.74, 6) is 0. The zero-order valence-electron chi connectivity index (χ0n) is 12.8. The Bertz CT molecular complexity index is 599. The minimum Gasteiger partial charge on any atom is -0.387 e. The molecule has 0 radical (unpaired) electrons. The van der Waals surface area contributed by atoms with Crippen LogP contribution in [0.1, 0.15) is 0 Å². The summed E-state index contributed by atoms with van der Waals surface area (Å²) in [7, 11) is -0.344. The summed E-state index contributed by atoms with van der Waals surface area (Å²) < 4.78 is 5.73. The molecule has 110 valence electrons. The third-order valence-electron chi connectivity index (χ3n) is 4.16. The number of hydrogen-bond donors (Lipinski definition) is 0. The highest BCUT2D eigenvalue weighted by Gasteiger charge is 2.39. The van der Waals surface area contributed by atoms with Gasteiger partial charge >= 0.3 is 0 Å². The molecule has 3 aromatic rings. The monoisotopic (exact) mass is 304 g/mol. The lowest BCUT2D eigenvalue weighted by Crippen LogP contribution is -2.70. The zero-order chi connectivity index (χ0) is 15.3. The lowest BCUT2D eigenvalue weighted by Gasteiger charge is -2.32. The molecule has 3 aromatic carbocycles. The fourth-order valence-electron chi connectivity index (χ4n) is 3.13. The van der Waals surface area contributed by atoms with Crippen LogP contribution < -0.4 is 15.6 Å². The topological polar surface area (TPSA) is 9.23 Å². The lowest BCUT2D eigenvalue weighted by atomic mass is 10.3. The molecule has 0 aliphatic heterocycles. The fourth-order valence-corrected chi connectivity index (χ4v) is 7.35. The first-order chi connectivity index (χ1) is 10.9. The van der Waals surface area contributed by atoms with Gasteiger partial charge in [-0.1, -0.05) is 91.0 Å². The summed E-state index contributed by atoms with van der Waals surface area (Å²) in [5, 5.41) is 4.15. The molecule has 0 amide bonds. The van der Waals surface area contributed by atoms with Gasteiger partial charge in [0.1, 0.15) is 0 Å². The maximum atomic E-state index is 5.73. The zero-order valence-corrected chi connectivity index (χ0v) is 13.8. The van der Waals surface area contributed by atoms with Crippen molar-refractivity contribution in [3.05, 3.63) is 91.0 Å². The second-order valence-corrected chi connectivity index (χ2v) is 9.27. The first-order valence-corrected chi connectivity index (χ1v) is 9.74. The molecule has 0 unspecified atom stereocenters. The number of rotatable bonds is 5. The Balaban J connectivity index is 2.29. The van der Waals surface area contributed by atoms with E-state index in [1.807, 2.05) is 0 Å². The van der Waals surface area contributed by atoms with Gasteiger partial charge in [-0.3, -0.25) is 0 Å². The second kappa shape index (κ2) is 6.73. The number of ether oxygens (including phenoxy) is 1. The molecule has 1 nitrogen and oxygen atoms in total. The number of hydrogen-bond acceptors (Lipinski definition) is 1. The van der Waals surface area contributed by atoms with Crippen molar-refractivity contribution in [3.8, 4) is 0 Å². The van der Waals surface area contributed by atoms with Crippen molar-refractivity contribution >= 4 is 23.6 Å². The molecule has 0 spiro atoms. The molecule has 3 rings (SSSR count). The molecular formula is C20H20OSi. The van der Waals surface area contributed by atoms with Gasteiger partial charge in [0, 0.05) is 7.11 Å². The molecule has 0 N–H and O–H groups in total. The first-order valence-electron chi connectivity index (χ1n) is 7.53. The summed E-state index contributed by atoms with van der Waals surface area (Å²) in [6, 6.07) is 32.4. The Labute approximate surface area is 133 Å². The van der Waals surface area contributed by atoms with E-state index in [9.17, 15) is 0 Å². The molecule has 0 bridgehead atoms. The molecule has 0 saturated heterocycles. The Morgan fingerprint density at radius 1 is 0.591 bits per heavy atom. The van der Waals surface area contributed by atoms with Crippen LogP contribution in [0, 0.1) is 0 Å². The SMILES string of the molecule is COC[Si](c1ccccc1)(c1ccccc1)c1ccccc1. The van der Waals surface area contributed by atoms with Crippen LogP contribution in [0.5, 0.6) is 0 Å². The van der Waals surface area contributed by atoms with Crippen LogP contribution in [-0.2, 0) is 4.74 Å². The van der Waals surface area contributed by atoms with E-state index in [2.05, 4.69) is 91.0 Å². The van der Waals surface area contributed by atoms with E-state index in [1.54, 1.807) is 7.11 Å². The van der Waals surface area contributed by atoms with Gasteiger partial charge in [-0.25, -0.2) is 0 Å². The molecule has 2 heteroatoms. The van der Waals surface area contributed by atoms with E-state index in [-0.39, 0.29) is 0 Å². The van der Waals surface area contributed by atoms with Crippen LogP contribution in [-0.4, -0.2) is 21.4 Å². The Morgan fingerprint density at radius 3 is 1.18 bits per heavy atom. The van der Waals surface area contributed by atoms with Gasteiger partial charge in [-0.05, 0) is 15.6 Å². The predicted molar refractivity (Wildman–Crippen MR) is 95.9 cm³/mol. The largest absolute Gasteiger partial charge is 0.387 e. The molecular weight excluding hydrogens is 284 g/mol. The normalized spacial score (nSPS) is 11.3. The van der Waals surface area contributed by atoms with E-state index in [4.69, 9.17) is 4.74 Å². The highest BCUT2D eigenvalue weighted by Crippen LogP contribution is 2.08. The van der Waals surface area contributed by atoms with Gasteiger partial charge < -0.3 is 4.74 Å². The smallest absolute Gasteiger partial charge is 0.175 e. The Kier molecular flexibility index (Phi) is 4.52. The average molecular weight is 304 g/mol. The van der Waals surface area contributed by atoms with Crippen molar-refractivity contribution in [1.82, 2.24) is 0 Å². The van der Waals surface area contributed by atoms with E-state index in [0.717, 1.165) is 6.23 Å². The minimum atomic E-state index is -2.15. The second-order valence-electron chi connectivity index (χ2n) is 5.44. The van der Waals surface area contributed by atoms with Crippen LogP contribution in [0.2, 0.25) is 0 Å². The summed E-state index contributed by atoms with van der Waals surface area (Å²) in [6.07, 6.45) is 0.741. The molecule has 0 heterocycles. The fraction of sp³-hybridized carbons (Fsp3) is 0.100. The average Bonchev–Trinajstić information content (AvgIpc) is 2.62. The summed E-state index contributed by atoms with van der Waals surface area (Å²) in [4.78, 5) is 0. The number of methoxy groups -OCH3 is 1. The van der Waals surface area contributed by atoms with Crippen molar-refractivity contribution in [2.75, 3.05) is 13.3 Å². The van der Waals surface area contributed by atoms with E-state index in [1.165, 1.54) is 15.6 Å². The lowest BCUT2D eigenvalue weighted by molar-refractivity contribution is 0.249. The van der Waals surface area contributed by atoms with Crippen molar-refractivity contribution in [2.24, 2.45) is 0 Å². The highest BCUT2D eigenvalue weighted by molar-refractivity contribution is 7.11. The standard InChI is InChI=1S/C20H20OSi/c1-21-17-22(18-11-5-2-6-12-18,19-13-7-3-8-14-19)20-15-9-4-10-16-20/h2-16H,17H2,1H3. The van der Waals surface area contributed by atoms with Gasteiger partial charge in [0.25, 0.3) is 0 Å². The van der Waals surface area contributed by atoms with Gasteiger partial charge in [0.05, 0.1) is 6.23 Å². The summed E-state index contributed by atoms with van der Waals surface area (Å²) in [6.45, 7) is 0. The molecule has 0 fully saturated rings. The Hall–Kier alpha value is -2.16. The van der Waals surface area contributed by atoms with Crippen LogP contribution in [0.15, 0.2) is 91.0 Å². The van der Waals surface area contributed by atoms with Crippen molar-refractivity contribution in [1.29, 1.82) is 0 Å². The van der Waals surface area contributed by atoms with Crippen molar-refractivity contribution < 1.29 is 4.74 Å². The van der Waals surface area contributed by atoms with E-state index in [0.29, 0.717) is 0 Å². The summed E-state index contributed by atoms with van der Waals surface area (Å²) in [5.41, 5.74) is 0. The first kappa shape index (κ1) is 14.8. The third-order valence-corrected chi connectivity index (χ3v) is 8.84. The maximum absolute atomic E-state index is 5.73. The van der Waals surface area contributed by atoms with Crippen LogP contribution in [0.25, 0.3) is 0 Å². The molecule has 0 aliphatic rings. The van der Waals surface area contributed by atoms with Crippen molar-refractivity contribution in [3.63, 3.8) is 0 Å². The third kappa shape index (κ3) is 2.63. The van der Waals surface area contributed by atoms with Crippen LogP contribution >= 0.6 is 0 Å². The quantitative estimate of drug-likeness (QED) is 0.519. The molecule has 0 aromatic heterocycles. The van der Waals surface area contributed by atoms with Gasteiger partial charge in [0.15, 0.2) is 8.07 Å².